The van der Waals surface area contributed by atoms with Gasteiger partial charge in [-0.25, -0.2) is 4.98 Å². The van der Waals surface area contributed by atoms with Gasteiger partial charge in [0, 0.05) is 29.7 Å². The average molecular weight is 418 g/mol. The Kier molecular flexibility index (Phi) is 6.43. The Morgan fingerprint density at radius 2 is 1.90 bits per heavy atom. The molecule has 2 heterocycles. The SMILES string of the molecule is COc1ccc(C(=O)Nc2cccnc2C(=O)NCC2CCCCN2)c2ccccc12. The molecule has 1 fully saturated rings. The van der Waals surface area contributed by atoms with Gasteiger partial charge in [0.2, 0.25) is 0 Å². The van der Waals surface area contributed by atoms with Gasteiger partial charge in [-0.1, -0.05) is 30.7 Å². The molecule has 160 valence electrons. The minimum atomic E-state index is -0.310. The lowest BCUT2D eigenvalue weighted by Gasteiger charge is -2.23. The van der Waals surface area contributed by atoms with Crippen LogP contribution in [-0.2, 0) is 0 Å². The van der Waals surface area contributed by atoms with E-state index in [1.807, 2.05) is 24.3 Å². The maximum Gasteiger partial charge on any atom is 0.272 e. The van der Waals surface area contributed by atoms with Crippen molar-refractivity contribution in [3.63, 3.8) is 0 Å². The predicted octanol–water partition coefficient (Wildman–Crippen LogP) is 3.37. The first-order valence-electron chi connectivity index (χ1n) is 10.5. The van der Waals surface area contributed by atoms with Gasteiger partial charge >= 0.3 is 0 Å². The Morgan fingerprint density at radius 1 is 1.06 bits per heavy atom. The number of nitrogens with one attached hydrogen (secondary N) is 3. The zero-order chi connectivity index (χ0) is 21.6. The molecule has 1 aliphatic rings. The van der Waals surface area contributed by atoms with Crippen molar-refractivity contribution in [3.8, 4) is 5.75 Å². The molecule has 0 aliphatic carbocycles. The van der Waals surface area contributed by atoms with Gasteiger partial charge in [-0.3, -0.25) is 9.59 Å². The molecule has 1 atom stereocenters. The lowest BCUT2D eigenvalue weighted by molar-refractivity contribution is 0.0943. The van der Waals surface area contributed by atoms with Crippen molar-refractivity contribution in [1.29, 1.82) is 0 Å². The van der Waals surface area contributed by atoms with Crippen LogP contribution in [0.5, 0.6) is 5.75 Å². The predicted molar refractivity (Wildman–Crippen MR) is 121 cm³/mol. The highest BCUT2D eigenvalue weighted by molar-refractivity contribution is 6.15. The third-order valence-corrected chi connectivity index (χ3v) is 5.54. The van der Waals surface area contributed by atoms with Crippen LogP contribution in [0.2, 0.25) is 0 Å². The number of ether oxygens (including phenoxy) is 1. The van der Waals surface area contributed by atoms with Gasteiger partial charge in [0.05, 0.1) is 12.8 Å². The van der Waals surface area contributed by atoms with Crippen molar-refractivity contribution < 1.29 is 14.3 Å². The summed E-state index contributed by atoms with van der Waals surface area (Å²) in [4.78, 5) is 30.1. The third-order valence-electron chi connectivity index (χ3n) is 5.54. The summed E-state index contributed by atoms with van der Waals surface area (Å²) < 4.78 is 5.41. The number of benzene rings is 2. The molecule has 0 saturated carbocycles. The number of amides is 2. The number of aromatic nitrogens is 1. The fourth-order valence-corrected chi connectivity index (χ4v) is 3.92. The number of carbonyl (C=O) groups is 2. The number of rotatable bonds is 6. The summed E-state index contributed by atoms with van der Waals surface area (Å²) in [5, 5.41) is 10.8. The molecule has 0 radical (unpaired) electrons. The van der Waals surface area contributed by atoms with E-state index < -0.39 is 0 Å². The summed E-state index contributed by atoms with van der Waals surface area (Å²) >= 11 is 0. The van der Waals surface area contributed by atoms with Crippen molar-refractivity contribution in [1.82, 2.24) is 15.6 Å². The monoisotopic (exact) mass is 418 g/mol. The van der Waals surface area contributed by atoms with Crippen molar-refractivity contribution in [2.45, 2.75) is 25.3 Å². The van der Waals surface area contributed by atoms with Crippen LogP contribution >= 0.6 is 0 Å². The fourth-order valence-electron chi connectivity index (χ4n) is 3.92. The van der Waals surface area contributed by atoms with Crippen molar-refractivity contribution in [2.75, 3.05) is 25.5 Å². The first-order chi connectivity index (χ1) is 15.2. The third kappa shape index (κ3) is 4.67. The smallest absolute Gasteiger partial charge is 0.272 e. The molecule has 2 aromatic carbocycles. The topological polar surface area (TPSA) is 92.3 Å². The second-order valence-electron chi connectivity index (χ2n) is 7.57. The van der Waals surface area contributed by atoms with Crippen molar-refractivity contribution >= 4 is 28.3 Å². The minimum Gasteiger partial charge on any atom is -0.496 e. The van der Waals surface area contributed by atoms with Gasteiger partial charge in [-0.15, -0.1) is 0 Å². The molecule has 7 heteroatoms. The molecular weight excluding hydrogens is 392 g/mol. The Balaban J connectivity index is 1.53. The summed E-state index contributed by atoms with van der Waals surface area (Å²) in [7, 11) is 1.60. The molecule has 1 aromatic heterocycles. The second kappa shape index (κ2) is 9.57. The summed E-state index contributed by atoms with van der Waals surface area (Å²) in [6, 6.07) is 14.7. The molecule has 0 bridgehead atoms. The van der Waals surface area contributed by atoms with E-state index in [0.717, 1.165) is 30.2 Å². The highest BCUT2D eigenvalue weighted by atomic mass is 16.5. The quantitative estimate of drug-likeness (QED) is 0.571. The Bertz CT molecular complexity index is 1090. The molecule has 1 aliphatic heterocycles. The van der Waals surface area contributed by atoms with E-state index in [-0.39, 0.29) is 23.6 Å². The van der Waals surface area contributed by atoms with Crippen LogP contribution in [0.3, 0.4) is 0 Å². The largest absolute Gasteiger partial charge is 0.496 e. The number of pyridine rings is 1. The van der Waals surface area contributed by atoms with Crippen LogP contribution in [0.4, 0.5) is 5.69 Å². The van der Waals surface area contributed by atoms with E-state index in [0.29, 0.717) is 23.5 Å². The van der Waals surface area contributed by atoms with Crippen LogP contribution in [0.15, 0.2) is 54.7 Å². The van der Waals surface area contributed by atoms with Gasteiger partial charge in [-0.2, -0.15) is 0 Å². The number of piperidine rings is 1. The van der Waals surface area contributed by atoms with Gasteiger partial charge in [0.1, 0.15) is 5.75 Å². The van der Waals surface area contributed by atoms with E-state index >= 15 is 0 Å². The van der Waals surface area contributed by atoms with Gasteiger partial charge in [0.15, 0.2) is 5.69 Å². The van der Waals surface area contributed by atoms with Crippen LogP contribution in [0, 0.1) is 0 Å². The van der Waals surface area contributed by atoms with Crippen molar-refractivity contribution in [3.05, 3.63) is 66.0 Å². The number of nitrogens with zero attached hydrogens (tertiary/aromatic N) is 1. The summed E-state index contributed by atoms with van der Waals surface area (Å²) in [5.41, 5.74) is 1.07. The molecule has 7 nitrogen and oxygen atoms in total. The number of fused-ring (bicyclic) bond motifs is 1. The minimum absolute atomic E-state index is 0.199. The van der Waals surface area contributed by atoms with Crippen LogP contribution in [-0.4, -0.2) is 43.0 Å². The average Bonchev–Trinajstić information content (AvgIpc) is 2.82. The zero-order valence-electron chi connectivity index (χ0n) is 17.5. The zero-order valence-corrected chi connectivity index (χ0v) is 17.5. The lowest BCUT2D eigenvalue weighted by atomic mass is 10.0. The molecule has 4 rings (SSSR count). The van der Waals surface area contributed by atoms with E-state index in [2.05, 4.69) is 20.9 Å². The van der Waals surface area contributed by atoms with Crippen LogP contribution in [0.1, 0.15) is 40.1 Å². The van der Waals surface area contributed by atoms with Gasteiger partial charge in [0.25, 0.3) is 11.8 Å². The van der Waals surface area contributed by atoms with E-state index in [4.69, 9.17) is 4.74 Å². The van der Waals surface area contributed by atoms with E-state index in [9.17, 15) is 9.59 Å². The molecule has 2 amide bonds. The first-order valence-corrected chi connectivity index (χ1v) is 10.5. The van der Waals surface area contributed by atoms with Crippen LogP contribution < -0.4 is 20.7 Å². The number of carbonyl (C=O) groups excluding carboxylic acids is 2. The normalized spacial score (nSPS) is 16.0. The van der Waals surface area contributed by atoms with Crippen molar-refractivity contribution in [2.24, 2.45) is 0 Å². The summed E-state index contributed by atoms with van der Waals surface area (Å²) in [6.45, 7) is 1.51. The molecule has 31 heavy (non-hydrogen) atoms. The maximum absolute atomic E-state index is 13.1. The molecular formula is C24H26N4O3. The highest BCUT2D eigenvalue weighted by Crippen LogP contribution is 2.29. The maximum atomic E-state index is 13.1. The first kappa shape index (κ1) is 20.8. The molecule has 1 saturated heterocycles. The van der Waals surface area contributed by atoms with Gasteiger partial charge in [-0.05, 0) is 49.0 Å². The summed E-state index contributed by atoms with van der Waals surface area (Å²) in [6.07, 6.45) is 4.91. The Labute approximate surface area is 181 Å². The Morgan fingerprint density at radius 3 is 2.68 bits per heavy atom. The standard InChI is InChI=1S/C24H26N4O3/c1-31-21-12-11-19(17-8-2-3-9-18(17)21)23(29)28-20-10-6-14-26-22(20)24(30)27-15-16-7-4-5-13-25-16/h2-3,6,8-12,14,16,25H,4-5,7,13,15H2,1H3,(H,27,30)(H,28,29). The molecule has 3 aromatic rings. The van der Waals surface area contributed by atoms with E-state index in [1.54, 1.807) is 37.6 Å². The highest BCUT2D eigenvalue weighted by Gasteiger charge is 2.19. The molecule has 1 unspecified atom stereocenters. The molecule has 3 N–H and O–H groups in total. The molecule has 0 spiro atoms. The number of hydrogen-bond acceptors (Lipinski definition) is 5. The second-order valence-corrected chi connectivity index (χ2v) is 7.57. The number of methoxy groups -OCH3 is 1. The fraction of sp³-hybridized carbons (Fsp3) is 0.292. The lowest BCUT2D eigenvalue weighted by Crippen LogP contribution is -2.43. The summed E-state index contributed by atoms with van der Waals surface area (Å²) in [5.74, 6) is 0.0858. The Hall–Kier alpha value is -3.45. The van der Waals surface area contributed by atoms with Gasteiger partial charge < -0.3 is 20.7 Å². The number of anilines is 1. The number of hydrogen-bond donors (Lipinski definition) is 3. The van der Waals surface area contributed by atoms with Crippen LogP contribution in [0.25, 0.3) is 10.8 Å². The van der Waals surface area contributed by atoms with E-state index in [1.165, 1.54) is 6.42 Å².